The SMILES string of the molecule is CC(C)NC(=O)C(C)NC(=O)C1(N)CCCC1. The van der Waals surface area contributed by atoms with E-state index in [-0.39, 0.29) is 17.9 Å². The van der Waals surface area contributed by atoms with Gasteiger partial charge in [0.15, 0.2) is 0 Å². The first-order valence-electron chi connectivity index (χ1n) is 6.25. The van der Waals surface area contributed by atoms with Crippen LogP contribution in [0, 0.1) is 0 Å². The van der Waals surface area contributed by atoms with Crippen LogP contribution in [0.5, 0.6) is 0 Å². The Hall–Kier alpha value is -1.10. The number of rotatable bonds is 4. The van der Waals surface area contributed by atoms with E-state index in [4.69, 9.17) is 5.73 Å². The molecule has 0 aliphatic heterocycles. The molecule has 0 aromatic heterocycles. The van der Waals surface area contributed by atoms with E-state index in [2.05, 4.69) is 10.6 Å². The molecular formula is C12H23N3O2. The molecule has 1 unspecified atom stereocenters. The quantitative estimate of drug-likeness (QED) is 0.661. The molecule has 0 bridgehead atoms. The lowest BCUT2D eigenvalue weighted by atomic mass is 9.97. The monoisotopic (exact) mass is 241 g/mol. The zero-order valence-corrected chi connectivity index (χ0v) is 10.9. The lowest BCUT2D eigenvalue weighted by Gasteiger charge is -2.25. The van der Waals surface area contributed by atoms with Gasteiger partial charge in [0.25, 0.3) is 0 Å². The van der Waals surface area contributed by atoms with Crippen molar-refractivity contribution in [3.05, 3.63) is 0 Å². The summed E-state index contributed by atoms with van der Waals surface area (Å²) in [6, 6.07) is -0.467. The molecule has 0 spiro atoms. The van der Waals surface area contributed by atoms with Gasteiger partial charge in [-0.15, -0.1) is 0 Å². The van der Waals surface area contributed by atoms with Crippen molar-refractivity contribution in [3.8, 4) is 0 Å². The van der Waals surface area contributed by atoms with Crippen LogP contribution in [-0.4, -0.2) is 29.4 Å². The summed E-state index contributed by atoms with van der Waals surface area (Å²) in [7, 11) is 0. The lowest BCUT2D eigenvalue weighted by molar-refractivity contribution is -0.131. The number of hydrogen-bond donors (Lipinski definition) is 3. The fourth-order valence-electron chi connectivity index (χ4n) is 2.05. The summed E-state index contributed by atoms with van der Waals surface area (Å²) in [5.74, 6) is -0.378. The Morgan fingerprint density at radius 3 is 2.12 bits per heavy atom. The highest BCUT2D eigenvalue weighted by Crippen LogP contribution is 2.27. The first kappa shape index (κ1) is 14.0. The Labute approximate surface area is 103 Å². The number of carbonyl (C=O) groups excluding carboxylic acids is 2. The van der Waals surface area contributed by atoms with Gasteiger partial charge in [0.05, 0.1) is 5.54 Å². The second kappa shape index (κ2) is 5.49. The Kier molecular flexibility index (Phi) is 4.51. The molecule has 5 heteroatoms. The topological polar surface area (TPSA) is 84.2 Å². The number of amides is 2. The van der Waals surface area contributed by atoms with Gasteiger partial charge in [-0.1, -0.05) is 12.8 Å². The third-order valence-electron chi connectivity index (χ3n) is 3.12. The molecule has 17 heavy (non-hydrogen) atoms. The lowest BCUT2D eigenvalue weighted by Crippen LogP contribution is -2.57. The molecular weight excluding hydrogens is 218 g/mol. The normalized spacial score (nSPS) is 20.1. The molecule has 0 aromatic rings. The van der Waals surface area contributed by atoms with E-state index in [1.807, 2.05) is 13.8 Å². The minimum atomic E-state index is -0.771. The molecule has 0 aromatic carbocycles. The number of carbonyl (C=O) groups is 2. The second-order valence-electron chi connectivity index (χ2n) is 5.22. The molecule has 1 aliphatic rings. The third kappa shape index (κ3) is 3.70. The molecule has 1 atom stereocenters. The minimum absolute atomic E-state index is 0.0696. The van der Waals surface area contributed by atoms with Gasteiger partial charge in [0, 0.05) is 6.04 Å². The number of nitrogens with one attached hydrogen (secondary N) is 2. The van der Waals surface area contributed by atoms with Crippen LogP contribution in [0.2, 0.25) is 0 Å². The van der Waals surface area contributed by atoms with Crippen molar-refractivity contribution in [2.45, 2.75) is 64.1 Å². The maximum atomic E-state index is 12.0. The molecule has 0 heterocycles. The van der Waals surface area contributed by atoms with Gasteiger partial charge in [-0.3, -0.25) is 9.59 Å². The van der Waals surface area contributed by atoms with Crippen LogP contribution in [0.15, 0.2) is 0 Å². The van der Waals surface area contributed by atoms with E-state index in [0.717, 1.165) is 12.8 Å². The van der Waals surface area contributed by atoms with E-state index in [0.29, 0.717) is 12.8 Å². The van der Waals surface area contributed by atoms with E-state index >= 15 is 0 Å². The van der Waals surface area contributed by atoms with Gasteiger partial charge in [0.2, 0.25) is 11.8 Å². The van der Waals surface area contributed by atoms with E-state index in [1.54, 1.807) is 6.92 Å². The zero-order valence-electron chi connectivity index (χ0n) is 10.9. The summed E-state index contributed by atoms with van der Waals surface area (Å²) in [6.07, 6.45) is 3.38. The van der Waals surface area contributed by atoms with Gasteiger partial charge in [0.1, 0.15) is 6.04 Å². The summed E-state index contributed by atoms with van der Waals surface area (Å²) in [5, 5.41) is 5.45. The summed E-state index contributed by atoms with van der Waals surface area (Å²) in [6.45, 7) is 5.44. The fourth-order valence-corrected chi connectivity index (χ4v) is 2.05. The fraction of sp³-hybridized carbons (Fsp3) is 0.833. The Morgan fingerprint density at radius 1 is 1.12 bits per heavy atom. The van der Waals surface area contributed by atoms with E-state index in [9.17, 15) is 9.59 Å². The van der Waals surface area contributed by atoms with Crippen LogP contribution in [0.4, 0.5) is 0 Å². The molecule has 4 N–H and O–H groups in total. The Balaban J connectivity index is 2.48. The molecule has 1 fully saturated rings. The maximum absolute atomic E-state index is 12.0. The zero-order chi connectivity index (χ0) is 13.1. The number of hydrogen-bond acceptors (Lipinski definition) is 3. The molecule has 1 rings (SSSR count). The first-order chi connectivity index (χ1) is 7.85. The highest BCUT2D eigenvalue weighted by molar-refractivity contribution is 5.91. The molecule has 1 aliphatic carbocycles. The van der Waals surface area contributed by atoms with Crippen LogP contribution in [0.1, 0.15) is 46.5 Å². The molecule has 0 saturated heterocycles. The van der Waals surface area contributed by atoms with Gasteiger partial charge in [-0.25, -0.2) is 0 Å². The summed E-state index contributed by atoms with van der Waals surface area (Å²) in [5.41, 5.74) is 5.24. The molecule has 98 valence electrons. The second-order valence-corrected chi connectivity index (χ2v) is 5.22. The predicted molar refractivity (Wildman–Crippen MR) is 66.3 cm³/mol. The highest BCUT2D eigenvalue weighted by atomic mass is 16.2. The highest BCUT2D eigenvalue weighted by Gasteiger charge is 2.38. The van der Waals surface area contributed by atoms with Gasteiger partial charge in [-0.05, 0) is 33.6 Å². The summed E-state index contributed by atoms with van der Waals surface area (Å²) in [4.78, 5) is 23.6. The van der Waals surface area contributed by atoms with Crippen molar-refractivity contribution in [2.75, 3.05) is 0 Å². The Bertz CT molecular complexity index is 296. The molecule has 1 saturated carbocycles. The van der Waals surface area contributed by atoms with Crippen LogP contribution >= 0.6 is 0 Å². The predicted octanol–water partition coefficient (Wildman–Crippen LogP) is 0.287. The third-order valence-corrected chi connectivity index (χ3v) is 3.12. The van der Waals surface area contributed by atoms with Crippen LogP contribution in [0.25, 0.3) is 0 Å². The largest absolute Gasteiger partial charge is 0.352 e. The van der Waals surface area contributed by atoms with Gasteiger partial charge >= 0.3 is 0 Å². The van der Waals surface area contributed by atoms with Crippen molar-refractivity contribution in [2.24, 2.45) is 5.73 Å². The van der Waals surface area contributed by atoms with Gasteiger partial charge < -0.3 is 16.4 Å². The number of nitrogens with two attached hydrogens (primary N) is 1. The standard InChI is InChI=1S/C12H23N3O2/c1-8(2)14-10(16)9(3)15-11(17)12(13)6-4-5-7-12/h8-9H,4-7,13H2,1-3H3,(H,14,16)(H,15,17). The Morgan fingerprint density at radius 2 is 1.65 bits per heavy atom. The molecule has 0 radical (unpaired) electrons. The molecule has 5 nitrogen and oxygen atoms in total. The van der Waals surface area contributed by atoms with E-state index < -0.39 is 11.6 Å². The average molecular weight is 241 g/mol. The van der Waals surface area contributed by atoms with Crippen molar-refractivity contribution < 1.29 is 9.59 Å². The average Bonchev–Trinajstić information content (AvgIpc) is 2.65. The van der Waals surface area contributed by atoms with Crippen molar-refractivity contribution >= 4 is 11.8 Å². The van der Waals surface area contributed by atoms with Crippen molar-refractivity contribution in [1.82, 2.24) is 10.6 Å². The minimum Gasteiger partial charge on any atom is -0.352 e. The maximum Gasteiger partial charge on any atom is 0.242 e. The van der Waals surface area contributed by atoms with Crippen molar-refractivity contribution in [1.29, 1.82) is 0 Å². The van der Waals surface area contributed by atoms with Crippen LogP contribution in [0.3, 0.4) is 0 Å². The van der Waals surface area contributed by atoms with Crippen LogP contribution < -0.4 is 16.4 Å². The molecule has 2 amide bonds. The first-order valence-corrected chi connectivity index (χ1v) is 6.25. The van der Waals surface area contributed by atoms with Crippen molar-refractivity contribution in [3.63, 3.8) is 0 Å². The van der Waals surface area contributed by atoms with E-state index in [1.165, 1.54) is 0 Å². The summed E-state index contributed by atoms with van der Waals surface area (Å²) >= 11 is 0. The summed E-state index contributed by atoms with van der Waals surface area (Å²) < 4.78 is 0. The van der Waals surface area contributed by atoms with Crippen LogP contribution in [-0.2, 0) is 9.59 Å². The smallest absolute Gasteiger partial charge is 0.242 e. The van der Waals surface area contributed by atoms with Gasteiger partial charge in [-0.2, -0.15) is 0 Å².